The van der Waals surface area contributed by atoms with Crippen molar-refractivity contribution < 1.29 is 13.9 Å². The maximum Gasteiger partial charge on any atom is 0.415 e. The van der Waals surface area contributed by atoms with E-state index in [0.29, 0.717) is 22.3 Å². The highest BCUT2D eigenvalue weighted by atomic mass is 19.1. The van der Waals surface area contributed by atoms with E-state index in [4.69, 9.17) is 21.3 Å². The molecule has 0 unspecified atom stereocenters. The van der Waals surface area contributed by atoms with Crippen molar-refractivity contribution in [3.63, 3.8) is 0 Å². The Labute approximate surface area is 230 Å². The summed E-state index contributed by atoms with van der Waals surface area (Å²) >= 11 is 0. The first-order valence-corrected chi connectivity index (χ1v) is 12.7. The predicted octanol–water partition coefficient (Wildman–Crippen LogP) is 4.96. The molecule has 0 radical (unpaired) electrons. The van der Waals surface area contributed by atoms with Crippen LogP contribution >= 0.6 is 0 Å². The molecule has 5 rings (SSSR count). The van der Waals surface area contributed by atoms with Crippen LogP contribution in [0.15, 0.2) is 66.9 Å². The van der Waals surface area contributed by atoms with Crippen LogP contribution in [0.1, 0.15) is 36.2 Å². The summed E-state index contributed by atoms with van der Waals surface area (Å²) in [4.78, 5) is 27.9. The number of anilines is 3. The number of hydrogen-bond acceptors (Lipinski definition) is 8. The van der Waals surface area contributed by atoms with Gasteiger partial charge in [-0.05, 0) is 49.6 Å². The number of carbonyl (C=O) groups is 1. The van der Waals surface area contributed by atoms with E-state index in [-0.39, 0.29) is 48.2 Å². The average Bonchev–Trinajstić information content (AvgIpc) is 3.29. The van der Waals surface area contributed by atoms with E-state index < -0.39 is 6.09 Å². The molecule has 4 N–H and O–H groups in total. The average molecular weight is 541 g/mol. The Hall–Kier alpha value is -5.06. The predicted molar refractivity (Wildman–Crippen MR) is 151 cm³/mol. The van der Waals surface area contributed by atoms with E-state index >= 15 is 0 Å². The van der Waals surface area contributed by atoms with E-state index in [2.05, 4.69) is 15.0 Å². The number of ether oxygens (including phenoxy) is 1. The second-order valence-electron chi connectivity index (χ2n) is 9.60. The minimum atomic E-state index is -0.634. The van der Waals surface area contributed by atoms with E-state index in [1.54, 1.807) is 38.2 Å². The van der Waals surface area contributed by atoms with Crippen molar-refractivity contribution in [3.05, 3.63) is 95.1 Å². The van der Waals surface area contributed by atoms with Crippen LogP contribution in [0.2, 0.25) is 0 Å². The van der Waals surface area contributed by atoms with Crippen LogP contribution in [-0.2, 0) is 17.7 Å². The number of aryl methyl sites for hydroxylation is 1. The summed E-state index contributed by atoms with van der Waals surface area (Å²) in [6.07, 6.45) is 0.877. The Bertz CT molecular complexity index is 1660. The summed E-state index contributed by atoms with van der Waals surface area (Å²) in [7, 11) is 0. The van der Waals surface area contributed by atoms with Gasteiger partial charge in [0.25, 0.3) is 5.95 Å². The van der Waals surface area contributed by atoms with Crippen LogP contribution in [-0.4, -0.2) is 36.9 Å². The van der Waals surface area contributed by atoms with Gasteiger partial charge in [-0.3, -0.25) is 9.88 Å². The highest BCUT2D eigenvalue weighted by Crippen LogP contribution is 2.32. The van der Waals surface area contributed by atoms with Crippen molar-refractivity contribution in [1.29, 1.82) is 0 Å². The fourth-order valence-electron chi connectivity index (χ4n) is 4.45. The number of nitrogens with two attached hydrogens (primary N) is 2. The number of nitrogen functional groups attached to an aromatic ring is 2. The molecule has 0 bridgehead atoms. The molecule has 0 fully saturated rings. The lowest BCUT2D eigenvalue weighted by Gasteiger charge is -2.25. The van der Waals surface area contributed by atoms with Gasteiger partial charge in [0.1, 0.15) is 17.0 Å². The largest absolute Gasteiger partial charge is 0.446 e. The van der Waals surface area contributed by atoms with Gasteiger partial charge in [-0.2, -0.15) is 19.7 Å². The molecule has 0 aliphatic rings. The van der Waals surface area contributed by atoms with Crippen LogP contribution in [0, 0.1) is 12.7 Å². The molecular formula is C29H29FN8O2. The maximum absolute atomic E-state index is 14.5. The number of rotatable bonds is 7. The third-order valence-corrected chi connectivity index (χ3v) is 6.27. The smallest absolute Gasteiger partial charge is 0.415 e. The minimum absolute atomic E-state index is 0.0278. The zero-order chi connectivity index (χ0) is 28.4. The number of benzene rings is 2. The van der Waals surface area contributed by atoms with E-state index in [0.717, 1.165) is 11.1 Å². The zero-order valence-corrected chi connectivity index (χ0v) is 22.4. The van der Waals surface area contributed by atoms with Gasteiger partial charge in [0.15, 0.2) is 11.6 Å². The fourth-order valence-corrected chi connectivity index (χ4v) is 4.45. The summed E-state index contributed by atoms with van der Waals surface area (Å²) < 4.78 is 21.4. The van der Waals surface area contributed by atoms with Crippen LogP contribution in [0.25, 0.3) is 17.0 Å². The van der Waals surface area contributed by atoms with Gasteiger partial charge < -0.3 is 16.2 Å². The van der Waals surface area contributed by atoms with Crippen molar-refractivity contribution in [2.45, 2.75) is 39.8 Å². The standard InChI is InChI=1S/C29H29FN8O2/c1-17(2)40-29(39)37(16-19-9-5-4-6-10-19)25-26(31)34-28(35-27(25)32)38-24-18(3)13-14-33-23(24)22(36-38)15-20-11-7-8-12-21(20)30/h4-14,17H,15-16H2,1-3H3,(H4,31,32,34,35). The molecule has 0 spiro atoms. The Kier molecular flexibility index (Phi) is 7.28. The quantitative estimate of drug-likeness (QED) is 0.295. The number of aromatic nitrogens is 5. The van der Waals surface area contributed by atoms with Gasteiger partial charge in [0.2, 0.25) is 0 Å². The lowest BCUT2D eigenvalue weighted by molar-refractivity contribution is 0.122. The lowest BCUT2D eigenvalue weighted by Crippen LogP contribution is -2.34. The highest BCUT2D eigenvalue weighted by Gasteiger charge is 2.27. The number of hydrogen-bond donors (Lipinski definition) is 2. The van der Waals surface area contributed by atoms with Crippen LogP contribution in [0.3, 0.4) is 0 Å². The molecular weight excluding hydrogens is 511 g/mol. The molecule has 40 heavy (non-hydrogen) atoms. The third kappa shape index (κ3) is 5.26. The Morgan fingerprint density at radius 3 is 2.38 bits per heavy atom. The minimum Gasteiger partial charge on any atom is -0.446 e. The molecule has 11 heteroatoms. The number of carbonyl (C=O) groups excluding carboxylic acids is 1. The van der Waals surface area contributed by atoms with Crippen molar-refractivity contribution >= 4 is 34.4 Å². The van der Waals surface area contributed by atoms with Crippen LogP contribution in [0.5, 0.6) is 0 Å². The van der Waals surface area contributed by atoms with E-state index in [9.17, 15) is 9.18 Å². The molecule has 0 aliphatic heterocycles. The summed E-state index contributed by atoms with van der Waals surface area (Å²) in [6.45, 7) is 5.55. The topological polar surface area (TPSA) is 138 Å². The maximum atomic E-state index is 14.5. The van der Waals surface area contributed by atoms with Gasteiger partial charge in [0.05, 0.1) is 23.9 Å². The summed E-state index contributed by atoms with van der Waals surface area (Å²) in [5, 5.41) is 4.70. The molecule has 0 atom stereocenters. The van der Waals surface area contributed by atoms with Crippen molar-refractivity contribution in [1.82, 2.24) is 24.7 Å². The summed E-state index contributed by atoms with van der Waals surface area (Å²) in [5.41, 5.74) is 16.9. The van der Waals surface area contributed by atoms with Crippen molar-refractivity contribution in [2.75, 3.05) is 16.4 Å². The second kappa shape index (κ2) is 11.0. The molecule has 10 nitrogen and oxygen atoms in total. The first kappa shape index (κ1) is 26.5. The van der Waals surface area contributed by atoms with Crippen molar-refractivity contribution in [2.24, 2.45) is 0 Å². The lowest BCUT2D eigenvalue weighted by atomic mass is 10.1. The third-order valence-electron chi connectivity index (χ3n) is 6.27. The zero-order valence-electron chi connectivity index (χ0n) is 22.4. The van der Waals surface area contributed by atoms with Gasteiger partial charge in [-0.15, -0.1) is 0 Å². The molecule has 0 aliphatic carbocycles. The number of amides is 1. The second-order valence-corrected chi connectivity index (χ2v) is 9.60. The molecule has 204 valence electrons. The summed E-state index contributed by atoms with van der Waals surface area (Å²) in [6, 6.07) is 17.7. The first-order valence-electron chi connectivity index (χ1n) is 12.7. The molecule has 5 aromatic rings. The Morgan fingerprint density at radius 2 is 1.70 bits per heavy atom. The fraction of sp³-hybridized carbons (Fsp3) is 0.207. The van der Waals surface area contributed by atoms with E-state index in [1.165, 1.54) is 15.6 Å². The Balaban J connectivity index is 1.60. The molecule has 2 aromatic carbocycles. The number of halogens is 1. The molecule has 1 amide bonds. The van der Waals surface area contributed by atoms with Crippen molar-refractivity contribution in [3.8, 4) is 5.95 Å². The molecule has 3 heterocycles. The SMILES string of the molecule is Cc1ccnc2c(Cc3ccccc3F)nn(-c3nc(N)c(N(Cc4ccccc4)C(=O)OC(C)C)c(N)n3)c12. The van der Waals surface area contributed by atoms with Gasteiger partial charge >= 0.3 is 6.09 Å². The molecule has 3 aromatic heterocycles. The molecule has 0 saturated carbocycles. The van der Waals surface area contributed by atoms with Gasteiger partial charge in [-0.1, -0.05) is 48.5 Å². The van der Waals surface area contributed by atoms with E-state index in [1.807, 2.05) is 43.3 Å². The molecule has 0 saturated heterocycles. The highest BCUT2D eigenvalue weighted by molar-refractivity contribution is 5.95. The van der Waals surface area contributed by atoms with Crippen LogP contribution in [0.4, 0.5) is 26.5 Å². The Morgan fingerprint density at radius 1 is 1.02 bits per heavy atom. The normalized spacial score (nSPS) is 11.2. The monoisotopic (exact) mass is 540 g/mol. The number of nitrogens with zero attached hydrogens (tertiary/aromatic N) is 6. The number of pyridine rings is 1. The summed E-state index contributed by atoms with van der Waals surface area (Å²) in [5.74, 6) is -0.296. The number of fused-ring (bicyclic) bond motifs is 1. The first-order chi connectivity index (χ1) is 19.2. The van der Waals surface area contributed by atoms with Gasteiger partial charge in [0, 0.05) is 12.6 Å². The van der Waals surface area contributed by atoms with Crippen LogP contribution < -0.4 is 16.4 Å². The van der Waals surface area contributed by atoms with Gasteiger partial charge in [-0.25, -0.2) is 9.18 Å².